The minimum absolute atomic E-state index is 0.607. The lowest BCUT2D eigenvalue weighted by atomic mass is 9.70. The van der Waals surface area contributed by atoms with Gasteiger partial charge in [-0.1, -0.05) is 13.0 Å². The highest BCUT2D eigenvalue weighted by Gasteiger charge is 2.32. The first kappa shape index (κ1) is 10.3. The highest BCUT2D eigenvalue weighted by molar-refractivity contribution is 5.48. The zero-order valence-corrected chi connectivity index (χ0v) is 9.62. The van der Waals surface area contributed by atoms with Crippen LogP contribution in [0.2, 0.25) is 0 Å². The van der Waals surface area contributed by atoms with Gasteiger partial charge in [-0.2, -0.15) is 0 Å². The topological polar surface area (TPSA) is 18.5 Å². The first-order chi connectivity index (χ1) is 7.27. The molecule has 2 nitrogen and oxygen atoms in total. The quantitative estimate of drug-likeness (QED) is 0.756. The van der Waals surface area contributed by atoms with Crippen LogP contribution < -0.4 is 9.47 Å². The predicted molar refractivity (Wildman–Crippen MR) is 60.7 cm³/mol. The summed E-state index contributed by atoms with van der Waals surface area (Å²) in [5, 5.41) is 0. The Kier molecular flexibility index (Phi) is 2.85. The first-order valence-electron chi connectivity index (χ1n) is 5.48. The molecule has 2 unspecified atom stereocenters. The molecule has 0 radical (unpaired) electrons. The zero-order chi connectivity index (χ0) is 10.8. The van der Waals surface area contributed by atoms with Gasteiger partial charge in [0.1, 0.15) is 11.5 Å². The van der Waals surface area contributed by atoms with E-state index < -0.39 is 0 Å². The van der Waals surface area contributed by atoms with E-state index in [0.717, 1.165) is 17.4 Å². The summed E-state index contributed by atoms with van der Waals surface area (Å²) in [5.41, 5.74) is 1.25. The van der Waals surface area contributed by atoms with Crippen LogP contribution in [0, 0.1) is 5.92 Å². The Morgan fingerprint density at radius 1 is 1.07 bits per heavy atom. The van der Waals surface area contributed by atoms with Crippen molar-refractivity contribution >= 4 is 0 Å². The molecule has 2 heteroatoms. The molecule has 0 spiro atoms. The van der Waals surface area contributed by atoms with E-state index >= 15 is 0 Å². The van der Waals surface area contributed by atoms with Crippen molar-refractivity contribution in [2.45, 2.75) is 25.7 Å². The Bertz CT molecular complexity index is 324. The molecule has 2 atom stereocenters. The monoisotopic (exact) mass is 206 g/mol. The number of hydrogen-bond donors (Lipinski definition) is 0. The summed E-state index contributed by atoms with van der Waals surface area (Å²) in [6.45, 7) is 2.29. The molecule has 1 fully saturated rings. The highest BCUT2D eigenvalue weighted by atomic mass is 16.5. The lowest BCUT2D eigenvalue weighted by molar-refractivity contribution is 0.262. The van der Waals surface area contributed by atoms with Crippen LogP contribution in [0.25, 0.3) is 0 Å². The summed E-state index contributed by atoms with van der Waals surface area (Å²) in [4.78, 5) is 0. The van der Waals surface area contributed by atoms with Crippen molar-refractivity contribution in [1.82, 2.24) is 0 Å². The molecule has 1 saturated carbocycles. The van der Waals surface area contributed by atoms with Gasteiger partial charge in [0, 0.05) is 5.56 Å². The second kappa shape index (κ2) is 4.13. The third kappa shape index (κ3) is 1.69. The fourth-order valence-electron chi connectivity index (χ4n) is 2.34. The van der Waals surface area contributed by atoms with Crippen LogP contribution in [0.15, 0.2) is 18.2 Å². The SMILES string of the molecule is COc1cccc(OC)c1C1CCC1C. The van der Waals surface area contributed by atoms with Crippen molar-refractivity contribution in [3.8, 4) is 11.5 Å². The zero-order valence-electron chi connectivity index (χ0n) is 9.62. The molecule has 82 valence electrons. The minimum atomic E-state index is 0.607. The van der Waals surface area contributed by atoms with Gasteiger partial charge in [0.05, 0.1) is 14.2 Å². The van der Waals surface area contributed by atoms with Crippen molar-refractivity contribution in [3.63, 3.8) is 0 Å². The maximum absolute atomic E-state index is 5.41. The van der Waals surface area contributed by atoms with Gasteiger partial charge in [0.2, 0.25) is 0 Å². The Balaban J connectivity index is 2.41. The summed E-state index contributed by atoms with van der Waals surface area (Å²) < 4.78 is 10.8. The normalized spacial score (nSPS) is 24.5. The van der Waals surface area contributed by atoms with Gasteiger partial charge in [-0.05, 0) is 36.8 Å². The number of ether oxygens (including phenoxy) is 2. The number of rotatable bonds is 3. The van der Waals surface area contributed by atoms with Crippen LogP contribution in [0.3, 0.4) is 0 Å². The molecule has 0 bridgehead atoms. The molecule has 2 rings (SSSR count). The Labute approximate surface area is 91.2 Å². The molecule has 1 aromatic rings. The van der Waals surface area contributed by atoms with Gasteiger partial charge in [0.25, 0.3) is 0 Å². The average molecular weight is 206 g/mol. The molecule has 0 amide bonds. The smallest absolute Gasteiger partial charge is 0.126 e. The fraction of sp³-hybridized carbons (Fsp3) is 0.538. The fourth-order valence-corrected chi connectivity index (χ4v) is 2.34. The van der Waals surface area contributed by atoms with Crippen molar-refractivity contribution in [1.29, 1.82) is 0 Å². The summed E-state index contributed by atoms with van der Waals surface area (Å²) in [5.74, 6) is 3.28. The van der Waals surface area contributed by atoms with Crippen molar-refractivity contribution in [2.24, 2.45) is 5.92 Å². The molecule has 0 heterocycles. The summed E-state index contributed by atoms with van der Waals surface area (Å²) in [7, 11) is 3.45. The van der Waals surface area contributed by atoms with E-state index in [1.54, 1.807) is 14.2 Å². The highest BCUT2D eigenvalue weighted by Crippen LogP contribution is 2.48. The lowest BCUT2D eigenvalue weighted by Crippen LogP contribution is -2.21. The van der Waals surface area contributed by atoms with Crippen LogP contribution >= 0.6 is 0 Å². The third-order valence-corrected chi connectivity index (χ3v) is 3.46. The van der Waals surface area contributed by atoms with Crippen LogP contribution in [-0.4, -0.2) is 14.2 Å². The van der Waals surface area contributed by atoms with Crippen molar-refractivity contribution in [3.05, 3.63) is 23.8 Å². The molecule has 0 aromatic heterocycles. The number of methoxy groups -OCH3 is 2. The Morgan fingerprint density at radius 2 is 1.67 bits per heavy atom. The molecule has 15 heavy (non-hydrogen) atoms. The van der Waals surface area contributed by atoms with Crippen LogP contribution in [0.1, 0.15) is 31.2 Å². The van der Waals surface area contributed by atoms with E-state index in [-0.39, 0.29) is 0 Å². The summed E-state index contributed by atoms with van der Waals surface area (Å²) in [6, 6.07) is 6.01. The molecule has 1 aliphatic rings. The number of benzene rings is 1. The second-order valence-electron chi connectivity index (χ2n) is 4.24. The van der Waals surface area contributed by atoms with Crippen molar-refractivity contribution in [2.75, 3.05) is 14.2 Å². The molecule has 0 saturated heterocycles. The van der Waals surface area contributed by atoms with E-state index in [4.69, 9.17) is 9.47 Å². The predicted octanol–water partition coefficient (Wildman–Crippen LogP) is 3.22. The third-order valence-electron chi connectivity index (χ3n) is 3.46. The van der Waals surface area contributed by atoms with Gasteiger partial charge in [-0.3, -0.25) is 0 Å². The van der Waals surface area contributed by atoms with E-state index in [0.29, 0.717) is 5.92 Å². The standard InChI is InChI=1S/C13H18O2/c1-9-7-8-10(9)13-11(14-2)5-4-6-12(13)15-3/h4-6,9-10H,7-8H2,1-3H3. The average Bonchev–Trinajstić information content (AvgIpc) is 2.27. The second-order valence-corrected chi connectivity index (χ2v) is 4.24. The molecule has 1 aliphatic carbocycles. The largest absolute Gasteiger partial charge is 0.496 e. The van der Waals surface area contributed by atoms with Crippen LogP contribution in [-0.2, 0) is 0 Å². The van der Waals surface area contributed by atoms with Crippen LogP contribution in [0.4, 0.5) is 0 Å². The molecule has 0 aliphatic heterocycles. The maximum Gasteiger partial charge on any atom is 0.126 e. The summed E-state index contributed by atoms with van der Waals surface area (Å²) in [6.07, 6.45) is 2.56. The van der Waals surface area contributed by atoms with Gasteiger partial charge in [-0.25, -0.2) is 0 Å². The summed E-state index contributed by atoms with van der Waals surface area (Å²) >= 11 is 0. The Morgan fingerprint density at radius 3 is 2.00 bits per heavy atom. The van der Waals surface area contributed by atoms with E-state index in [2.05, 4.69) is 6.92 Å². The molecule has 0 N–H and O–H groups in total. The molecular formula is C13H18O2. The van der Waals surface area contributed by atoms with Gasteiger partial charge >= 0.3 is 0 Å². The van der Waals surface area contributed by atoms with Crippen molar-refractivity contribution < 1.29 is 9.47 Å². The Hall–Kier alpha value is -1.18. The van der Waals surface area contributed by atoms with E-state index in [1.165, 1.54) is 18.4 Å². The van der Waals surface area contributed by atoms with Gasteiger partial charge < -0.3 is 9.47 Å². The lowest BCUT2D eigenvalue weighted by Gasteiger charge is -2.35. The minimum Gasteiger partial charge on any atom is -0.496 e. The maximum atomic E-state index is 5.41. The van der Waals surface area contributed by atoms with Gasteiger partial charge in [0.15, 0.2) is 0 Å². The van der Waals surface area contributed by atoms with E-state index in [9.17, 15) is 0 Å². The number of hydrogen-bond acceptors (Lipinski definition) is 2. The van der Waals surface area contributed by atoms with E-state index in [1.807, 2.05) is 18.2 Å². The van der Waals surface area contributed by atoms with Gasteiger partial charge in [-0.15, -0.1) is 0 Å². The molecular weight excluding hydrogens is 188 g/mol. The van der Waals surface area contributed by atoms with Crippen LogP contribution in [0.5, 0.6) is 11.5 Å². The molecule has 1 aromatic carbocycles. The first-order valence-corrected chi connectivity index (χ1v) is 5.48.